The highest BCUT2D eigenvalue weighted by Crippen LogP contribution is 2.22. The minimum absolute atomic E-state index is 0.591. The summed E-state index contributed by atoms with van der Waals surface area (Å²) in [6.07, 6.45) is 0. The molecule has 19 heavy (non-hydrogen) atoms. The lowest BCUT2D eigenvalue weighted by atomic mass is 10.2. The molecule has 0 aliphatic heterocycles. The predicted octanol–water partition coefficient (Wildman–Crippen LogP) is 3.36. The van der Waals surface area contributed by atoms with Crippen molar-refractivity contribution in [1.82, 2.24) is 5.32 Å². The van der Waals surface area contributed by atoms with Crippen LogP contribution in [0.5, 0.6) is 0 Å². The fourth-order valence-corrected chi connectivity index (χ4v) is 2.70. The molecule has 0 fully saturated rings. The summed E-state index contributed by atoms with van der Waals surface area (Å²) in [4.78, 5) is 2.74. The molecular formula is C15H27NO2S. The first-order valence-electron chi connectivity index (χ1n) is 7.07. The van der Waals surface area contributed by atoms with Gasteiger partial charge in [0.05, 0.1) is 19.8 Å². The van der Waals surface area contributed by atoms with E-state index in [0.29, 0.717) is 25.7 Å². The molecule has 1 N–H and O–H groups in total. The largest absolute Gasteiger partial charge is 0.379 e. The molecule has 1 aromatic heterocycles. The fraction of sp³-hybridized carbons (Fsp3) is 0.733. The monoisotopic (exact) mass is 285 g/mol. The molecule has 0 saturated carbocycles. The number of nitrogens with one attached hydrogen (secondary N) is 1. The molecule has 0 radical (unpaired) electrons. The quantitative estimate of drug-likeness (QED) is 0.669. The van der Waals surface area contributed by atoms with Crippen LogP contribution in [-0.2, 0) is 22.6 Å². The summed E-state index contributed by atoms with van der Waals surface area (Å²) in [7, 11) is 0. The van der Waals surface area contributed by atoms with Crippen LogP contribution < -0.4 is 5.32 Å². The molecule has 0 amide bonds. The number of aryl methyl sites for hydroxylation is 1. The number of hydrogen-bond donors (Lipinski definition) is 1. The van der Waals surface area contributed by atoms with Gasteiger partial charge in [-0.1, -0.05) is 20.8 Å². The lowest BCUT2D eigenvalue weighted by Crippen LogP contribution is -2.10. The van der Waals surface area contributed by atoms with Crippen LogP contribution in [0, 0.1) is 12.8 Å². The van der Waals surface area contributed by atoms with Crippen LogP contribution in [0.2, 0.25) is 0 Å². The summed E-state index contributed by atoms with van der Waals surface area (Å²) in [6, 6.07) is 2.25. The molecule has 0 bridgehead atoms. The normalized spacial score (nSPS) is 11.4. The van der Waals surface area contributed by atoms with Crippen LogP contribution >= 0.6 is 11.3 Å². The molecule has 1 aromatic rings. The van der Waals surface area contributed by atoms with Crippen molar-refractivity contribution < 1.29 is 9.47 Å². The SMILES string of the molecule is CCNCc1cc(COCCOCC(C)C)c(C)s1. The standard InChI is InChI=1S/C15H27NO2S/c1-5-16-9-15-8-14(13(4)19-15)11-18-7-6-17-10-12(2)3/h8,12,16H,5-7,9-11H2,1-4H3. The van der Waals surface area contributed by atoms with Gasteiger partial charge >= 0.3 is 0 Å². The highest BCUT2D eigenvalue weighted by Gasteiger charge is 2.05. The van der Waals surface area contributed by atoms with E-state index in [1.165, 1.54) is 15.3 Å². The third-order valence-corrected chi connectivity index (χ3v) is 3.79. The third kappa shape index (κ3) is 7.06. The Morgan fingerprint density at radius 2 is 2.00 bits per heavy atom. The van der Waals surface area contributed by atoms with E-state index >= 15 is 0 Å². The van der Waals surface area contributed by atoms with Gasteiger partial charge in [-0.25, -0.2) is 0 Å². The van der Waals surface area contributed by atoms with Gasteiger partial charge in [-0.15, -0.1) is 11.3 Å². The van der Waals surface area contributed by atoms with Crippen molar-refractivity contribution in [2.75, 3.05) is 26.4 Å². The Morgan fingerprint density at radius 3 is 2.68 bits per heavy atom. The molecule has 1 heterocycles. The van der Waals surface area contributed by atoms with Gasteiger partial charge in [-0.05, 0) is 31.0 Å². The van der Waals surface area contributed by atoms with Crippen molar-refractivity contribution in [1.29, 1.82) is 0 Å². The molecular weight excluding hydrogens is 258 g/mol. The molecule has 3 nitrogen and oxygen atoms in total. The second-order valence-corrected chi connectivity index (χ2v) is 6.44. The Kier molecular flexibility index (Phi) is 8.30. The molecule has 0 aliphatic carbocycles. The van der Waals surface area contributed by atoms with Crippen LogP contribution in [0.1, 0.15) is 36.1 Å². The summed E-state index contributed by atoms with van der Waals surface area (Å²) < 4.78 is 11.2. The van der Waals surface area contributed by atoms with Crippen molar-refractivity contribution in [3.63, 3.8) is 0 Å². The fourth-order valence-electron chi connectivity index (χ4n) is 1.69. The maximum absolute atomic E-state index is 5.66. The molecule has 4 heteroatoms. The van der Waals surface area contributed by atoms with E-state index < -0.39 is 0 Å². The maximum atomic E-state index is 5.66. The van der Waals surface area contributed by atoms with Crippen molar-refractivity contribution in [2.45, 2.75) is 40.8 Å². The summed E-state index contributed by atoms with van der Waals surface area (Å²) in [5, 5.41) is 3.35. The Morgan fingerprint density at radius 1 is 1.26 bits per heavy atom. The van der Waals surface area contributed by atoms with Crippen molar-refractivity contribution in [2.24, 2.45) is 5.92 Å². The van der Waals surface area contributed by atoms with E-state index in [4.69, 9.17) is 9.47 Å². The molecule has 110 valence electrons. The van der Waals surface area contributed by atoms with Gasteiger partial charge in [-0.2, -0.15) is 0 Å². The third-order valence-electron chi connectivity index (χ3n) is 2.70. The molecule has 0 aliphatic rings. The van der Waals surface area contributed by atoms with E-state index in [9.17, 15) is 0 Å². The van der Waals surface area contributed by atoms with E-state index in [-0.39, 0.29) is 0 Å². The number of hydrogen-bond acceptors (Lipinski definition) is 4. The molecule has 0 saturated heterocycles. The zero-order chi connectivity index (χ0) is 14.1. The first kappa shape index (κ1) is 16.6. The van der Waals surface area contributed by atoms with E-state index in [0.717, 1.165) is 19.7 Å². The Bertz CT molecular complexity index is 350. The van der Waals surface area contributed by atoms with Gasteiger partial charge in [-0.3, -0.25) is 0 Å². The smallest absolute Gasteiger partial charge is 0.0728 e. The predicted molar refractivity (Wildman–Crippen MR) is 81.7 cm³/mol. The minimum atomic E-state index is 0.591. The summed E-state index contributed by atoms with van der Waals surface area (Å²) in [5.41, 5.74) is 1.31. The molecule has 0 aromatic carbocycles. The summed E-state index contributed by atoms with van der Waals surface area (Å²) in [5.74, 6) is 0.591. The van der Waals surface area contributed by atoms with Crippen LogP contribution in [0.25, 0.3) is 0 Å². The van der Waals surface area contributed by atoms with E-state index in [1.54, 1.807) is 0 Å². The molecule has 1 rings (SSSR count). The van der Waals surface area contributed by atoms with Gasteiger partial charge in [0.15, 0.2) is 0 Å². The molecule has 0 atom stereocenters. The van der Waals surface area contributed by atoms with Crippen molar-refractivity contribution in [3.05, 3.63) is 21.4 Å². The lowest BCUT2D eigenvalue weighted by molar-refractivity contribution is 0.0314. The van der Waals surface area contributed by atoms with E-state index in [2.05, 4.69) is 39.1 Å². The molecule has 0 unspecified atom stereocenters. The van der Waals surface area contributed by atoms with Crippen LogP contribution in [0.3, 0.4) is 0 Å². The lowest BCUT2D eigenvalue weighted by Gasteiger charge is -2.07. The van der Waals surface area contributed by atoms with Crippen molar-refractivity contribution >= 4 is 11.3 Å². The maximum Gasteiger partial charge on any atom is 0.0728 e. The molecule has 0 spiro atoms. The number of rotatable bonds is 10. The zero-order valence-electron chi connectivity index (χ0n) is 12.6. The van der Waals surface area contributed by atoms with E-state index in [1.807, 2.05) is 11.3 Å². The van der Waals surface area contributed by atoms with Crippen LogP contribution in [0.4, 0.5) is 0 Å². The second-order valence-electron chi connectivity index (χ2n) is 5.10. The highest BCUT2D eigenvalue weighted by atomic mass is 32.1. The summed E-state index contributed by atoms with van der Waals surface area (Å²) >= 11 is 1.85. The van der Waals surface area contributed by atoms with Gasteiger partial charge in [0.25, 0.3) is 0 Å². The summed E-state index contributed by atoms with van der Waals surface area (Å²) in [6.45, 7) is 13.4. The first-order valence-corrected chi connectivity index (χ1v) is 7.89. The Hall–Kier alpha value is -0.420. The average Bonchev–Trinajstić information content (AvgIpc) is 2.71. The first-order chi connectivity index (χ1) is 9.13. The Balaban J connectivity index is 2.19. The van der Waals surface area contributed by atoms with Crippen molar-refractivity contribution in [3.8, 4) is 0 Å². The highest BCUT2D eigenvalue weighted by molar-refractivity contribution is 7.12. The number of thiophene rings is 1. The van der Waals surface area contributed by atoms with Crippen LogP contribution in [-0.4, -0.2) is 26.4 Å². The van der Waals surface area contributed by atoms with Gasteiger partial charge in [0.1, 0.15) is 0 Å². The zero-order valence-corrected chi connectivity index (χ0v) is 13.4. The van der Waals surface area contributed by atoms with Gasteiger partial charge < -0.3 is 14.8 Å². The second kappa shape index (κ2) is 9.48. The topological polar surface area (TPSA) is 30.5 Å². The minimum Gasteiger partial charge on any atom is -0.379 e. The average molecular weight is 285 g/mol. The van der Waals surface area contributed by atoms with Crippen LogP contribution in [0.15, 0.2) is 6.07 Å². The van der Waals surface area contributed by atoms with Gasteiger partial charge in [0, 0.05) is 22.9 Å². The number of ether oxygens (including phenoxy) is 2. The van der Waals surface area contributed by atoms with Gasteiger partial charge in [0.2, 0.25) is 0 Å². The Labute approximate surface area is 121 Å².